The van der Waals surface area contributed by atoms with E-state index in [0.29, 0.717) is 5.56 Å². The van der Waals surface area contributed by atoms with Gasteiger partial charge >= 0.3 is 11.9 Å². The summed E-state index contributed by atoms with van der Waals surface area (Å²) in [6.45, 7) is 0. The van der Waals surface area contributed by atoms with Crippen molar-refractivity contribution in [2.45, 2.75) is 18.4 Å². The zero-order valence-corrected chi connectivity index (χ0v) is 16.2. The Kier molecular flexibility index (Phi) is 7.56. The Morgan fingerprint density at radius 3 is 2.13 bits per heavy atom. The van der Waals surface area contributed by atoms with Crippen LogP contribution >= 0.6 is 0 Å². The SMILES string of the molecule is COC(=O)C[C@@H](c1ccc([N+](=O)[O-])cc1)[C@@H](NC(=O)c1ccc(F)cc1)C(=O)OC. The van der Waals surface area contributed by atoms with Gasteiger partial charge in [-0.3, -0.25) is 19.7 Å². The lowest BCUT2D eigenvalue weighted by Crippen LogP contribution is -2.46. The van der Waals surface area contributed by atoms with Gasteiger partial charge in [0.05, 0.1) is 25.6 Å². The highest BCUT2D eigenvalue weighted by molar-refractivity contribution is 5.97. The van der Waals surface area contributed by atoms with E-state index in [4.69, 9.17) is 4.74 Å². The van der Waals surface area contributed by atoms with Gasteiger partial charge in [-0.15, -0.1) is 0 Å². The maximum absolute atomic E-state index is 13.1. The average Bonchev–Trinajstić information content (AvgIpc) is 2.75. The number of hydrogen-bond acceptors (Lipinski definition) is 7. The molecule has 0 spiro atoms. The molecule has 30 heavy (non-hydrogen) atoms. The van der Waals surface area contributed by atoms with E-state index < -0.39 is 40.5 Å². The molecule has 9 nitrogen and oxygen atoms in total. The van der Waals surface area contributed by atoms with E-state index in [1.165, 1.54) is 43.5 Å². The van der Waals surface area contributed by atoms with Crippen LogP contribution in [0.4, 0.5) is 10.1 Å². The monoisotopic (exact) mass is 418 g/mol. The molecule has 2 atom stereocenters. The quantitative estimate of drug-likeness (QED) is 0.396. The summed E-state index contributed by atoms with van der Waals surface area (Å²) < 4.78 is 22.6. The standard InChI is InChI=1S/C20H19FN2O7/c1-29-17(24)11-16(12-5-9-15(10-6-12)23(27)28)18(20(26)30-2)22-19(25)13-3-7-14(21)8-4-13/h3-10,16,18H,11H2,1-2H3,(H,22,25)/t16-,18+/m0/s1. The number of benzene rings is 2. The molecular weight excluding hydrogens is 399 g/mol. The van der Waals surface area contributed by atoms with Crippen LogP contribution in [0, 0.1) is 15.9 Å². The summed E-state index contributed by atoms with van der Waals surface area (Å²) in [6, 6.07) is 8.53. The van der Waals surface area contributed by atoms with Crippen molar-refractivity contribution in [1.82, 2.24) is 5.32 Å². The molecular formula is C20H19FN2O7. The molecule has 0 saturated carbocycles. The number of methoxy groups -OCH3 is 2. The van der Waals surface area contributed by atoms with Crippen LogP contribution < -0.4 is 5.32 Å². The number of amides is 1. The van der Waals surface area contributed by atoms with Crippen LogP contribution in [0.3, 0.4) is 0 Å². The zero-order chi connectivity index (χ0) is 22.3. The Morgan fingerprint density at radius 1 is 1.03 bits per heavy atom. The molecule has 0 fully saturated rings. The van der Waals surface area contributed by atoms with Crippen molar-refractivity contribution >= 4 is 23.5 Å². The third-order valence-corrected chi connectivity index (χ3v) is 4.40. The van der Waals surface area contributed by atoms with Crippen LogP contribution in [0.1, 0.15) is 28.3 Å². The van der Waals surface area contributed by atoms with Crippen LogP contribution in [0.2, 0.25) is 0 Å². The van der Waals surface area contributed by atoms with Gasteiger partial charge in [0, 0.05) is 23.6 Å². The first-order valence-corrected chi connectivity index (χ1v) is 8.72. The van der Waals surface area contributed by atoms with Gasteiger partial charge in [0.2, 0.25) is 0 Å². The Hall–Kier alpha value is -3.82. The van der Waals surface area contributed by atoms with Crippen molar-refractivity contribution in [3.05, 3.63) is 75.6 Å². The number of hydrogen-bond donors (Lipinski definition) is 1. The highest BCUT2D eigenvalue weighted by atomic mass is 19.1. The molecule has 10 heteroatoms. The number of nitrogens with one attached hydrogen (secondary N) is 1. The zero-order valence-electron chi connectivity index (χ0n) is 16.2. The van der Waals surface area contributed by atoms with Crippen molar-refractivity contribution in [1.29, 1.82) is 0 Å². The van der Waals surface area contributed by atoms with Gasteiger partial charge in [-0.05, 0) is 29.8 Å². The number of esters is 2. The minimum Gasteiger partial charge on any atom is -0.469 e. The first kappa shape index (κ1) is 22.5. The van der Waals surface area contributed by atoms with Crippen LogP contribution in [0.15, 0.2) is 48.5 Å². The number of ether oxygens (including phenoxy) is 2. The topological polar surface area (TPSA) is 125 Å². The summed E-state index contributed by atoms with van der Waals surface area (Å²) in [5, 5.41) is 13.4. The van der Waals surface area contributed by atoms with E-state index in [2.05, 4.69) is 10.1 Å². The Labute approximate surface area is 170 Å². The fourth-order valence-electron chi connectivity index (χ4n) is 2.81. The first-order chi connectivity index (χ1) is 14.3. The molecule has 2 rings (SSSR count). The van der Waals surface area contributed by atoms with Crippen LogP contribution in [0.25, 0.3) is 0 Å². The molecule has 0 bridgehead atoms. The fraction of sp³-hybridized carbons (Fsp3) is 0.250. The van der Waals surface area contributed by atoms with Gasteiger partial charge < -0.3 is 14.8 Å². The number of rotatable bonds is 8. The second-order valence-electron chi connectivity index (χ2n) is 6.22. The van der Waals surface area contributed by atoms with Gasteiger partial charge in [0.1, 0.15) is 11.9 Å². The molecule has 1 N–H and O–H groups in total. The predicted molar refractivity (Wildman–Crippen MR) is 102 cm³/mol. The maximum Gasteiger partial charge on any atom is 0.329 e. The van der Waals surface area contributed by atoms with E-state index >= 15 is 0 Å². The average molecular weight is 418 g/mol. The number of halogens is 1. The third-order valence-electron chi connectivity index (χ3n) is 4.40. The molecule has 158 valence electrons. The molecule has 0 aliphatic carbocycles. The first-order valence-electron chi connectivity index (χ1n) is 8.72. The molecule has 0 aliphatic heterocycles. The molecule has 0 heterocycles. The van der Waals surface area contributed by atoms with E-state index in [-0.39, 0.29) is 17.7 Å². The van der Waals surface area contributed by atoms with E-state index in [1.807, 2.05) is 0 Å². The summed E-state index contributed by atoms with van der Waals surface area (Å²) in [4.78, 5) is 47.3. The van der Waals surface area contributed by atoms with Gasteiger partial charge in [-0.2, -0.15) is 0 Å². The highest BCUT2D eigenvalue weighted by Crippen LogP contribution is 2.27. The van der Waals surface area contributed by atoms with Crippen LogP contribution in [0.5, 0.6) is 0 Å². The molecule has 0 saturated heterocycles. The summed E-state index contributed by atoms with van der Waals surface area (Å²) in [5.74, 6) is -3.66. The number of nitro benzene ring substituents is 1. The minimum absolute atomic E-state index is 0.0887. The second-order valence-corrected chi connectivity index (χ2v) is 6.22. The maximum atomic E-state index is 13.1. The number of nitrogens with zero attached hydrogens (tertiary/aromatic N) is 1. The van der Waals surface area contributed by atoms with E-state index in [9.17, 15) is 28.9 Å². The Morgan fingerprint density at radius 2 is 1.63 bits per heavy atom. The van der Waals surface area contributed by atoms with Crippen LogP contribution in [-0.2, 0) is 19.1 Å². The third kappa shape index (κ3) is 5.60. The lowest BCUT2D eigenvalue weighted by Gasteiger charge is -2.26. The lowest BCUT2D eigenvalue weighted by atomic mass is 9.88. The van der Waals surface area contributed by atoms with Crippen molar-refractivity contribution in [2.24, 2.45) is 0 Å². The van der Waals surface area contributed by atoms with Gasteiger partial charge in [-0.25, -0.2) is 9.18 Å². The Bertz CT molecular complexity index is 929. The van der Waals surface area contributed by atoms with E-state index in [0.717, 1.165) is 19.2 Å². The smallest absolute Gasteiger partial charge is 0.329 e. The van der Waals surface area contributed by atoms with E-state index in [1.54, 1.807) is 0 Å². The molecule has 2 aromatic carbocycles. The number of nitro groups is 1. The fourth-order valence-corrected chi connectivity index (χ4v) is 2.81. The van der Waals surface area contributed by atoms with Crippen LogP contribution in [-0.4, -0.2) is 43.0 Å². The minimum atomic E-state index is -1.31. The number of carbonyl (C=O) groups is 3. The molecule has 1 amide bonds. The van der Waals surface area contributed by atoms with Gasteiger partial charge in [-0.1, -0.05) is 12.1 Å². The molecule has 0 aromatic heterocycles. The molecule has 2 aromatic rings. The summed E-state index contributed by atoms with van der Waals surface area (Å²) in [7, 11) is 2.28. The van der Waals surface area contributed by atoms with Crippen molar-refractivity contribution in [2.75, 3.05) is 14.2 Å². The normalized spacial score (nSPS) is 12.4. The van der Waals surface area contributed by atoms with Gasteiger partial charge in [0.15, 0.2) is 0 Å². The number of non-ortho nitro benzene ring substituents is 1. The number of carbonyl (C=O) groups excluding carboxylic acids is 3. The summed E-state index contributed by atoms with van der Waals surface area (Å²) >= 11 is 0. The second kappa shape index (κ2) is 10.1. The Balaban J connectivity index is 2.40. The van der Waals surface area contributed by atoms with Crippen molar-refractivity contribution in [3.63, 3.8) is 0 Å². The highest BCUT2D eigenvalue weighted by Gasteiger charge is 2.34. The lowest BCUT2D eigenvalue weighted by molar-refractivity contribution is -0.384. The van der Waals surface area contributed by atoms with Gasteiger partial charge in [0.25, 0.3) is 11.6 Å². The summed E-state index contributed by atoms with van der Waals surface area (Å²) in [6.07, 6.45) is -0.308. The molecule has 0 radical (unpaired) electrons. The van der Waals surface area contributed by atoms with Crippen molar-refractivity contribution < 1.29 is 33.2 Å². The van der Waals surface area contributed by atoms with Crippen molar-refractivity contribution in [3.8, 4) is 0 Å². The molecule has 0 unspecified atom stereocenters. The molecule has 0 aliphatic rings. The largest absolute Gasteiger partial charge is 0.469 e. The predicted octanol–water partition coefficient (Wildman–Crippen LogP) is 2.35. The summed E-state index contributed by atoms with van der Waals surface area (Å²) in [5.41, 5.74) is 0.284.